The largest absolute Gasteiger partial charge is 0.464 e. The first-order chi connectivity index (χ1) is 6.29. The van der Waals surface area contributed by atoms with Gasteiger partial charge in [0.05, 0.1) is 6.61 Å². The Hall–Kier alpha value is -0.710. The Morgan fingerprint density at radius 1 is 1.50 bits per heavy atom. The molecule has 0 radical (unpaired) electrons. The standard InChI is InChI=1S/C9H17NO3S/c1-5-13-8(12)7(9(3,4)14)10-6(2)11/h7,14H,5H2,1-4H3,(H,10,11)/t7-/m0/s1. The molecule has 0 heterocycles. The number of carbonyl (C=O) groups is 2. The lowest BCUT2D eigenvalue weighted by molar-refractivity contribution is -0.147. The smallest absolute Gasteiger partial charge is 0.330 e. The van der Waals surface area contributed by atoms with Crippen LogP contribution in [-0.2, 0) is 14.3 Å². The highest BCUT2D eigenvalue weighted by molar-refractivity contribution is 7.81. The molecule has 1 amide bonds. The number of thiol groups is 1. The van der Waals surface area contributed by atoms with E-state index in [1.807, 2.05) is 0 Å². The quantitative estimate of drug-likeness (QED) is 0.542. The Balaban J connectivity index is 4.55. The summed E-state index contributed by atoms with van der Waals surface area (Å²) in [4.78, 5) is 22.3. The molecule has 4 nitrogen and oxygen atoms in total. The second-order valence-electron chi connectivity index (χ2n) is 3.54. The maximum Gasteiger partial charge on any atom is 0.330 e. The summed E-state index contributed by atoms with van der Waals surface area (Å²) in [5, 5.41) is 2.51. The zero-order valence-corrected chi connectivity index (χ0v) is 9.85. The molecule has 14 heavy (non-hydrogen) atoms. The van der Waals surface area contributed by atoms with Gasteiger partial charge in [0.15, 0.2) is 0 Å². The van der Waals surface area contributed by atoms with Crippen LogP contribution in [0, 0.1) is 0 Å². The van der Waals surface area contributed by atoms with Gasteiger partial charge in [-0.1, -0.05) is 0 Å². The van der Waals surface area contributed by atoms with Crippen molar-refractivity contribution in [2.24, 2.45) is 0 Å². The molecule has 0 spiro atoms. The summed E-state index contributed by atoms with van der Waals surface area (Å²) in [6.07, 6.45) is 0. The number of nitrogens with one attached hydrogen (secondary N) is 1. The molecule has 0 aromatic carbocycles. The molecular formula is C9H17NO3S. The summed E-state index contributed by atoms with van der Waals surface area (Å²) >= 11 is 4.24. The average molecular weight is 219 g/mol. The molecule has 82 valence electrons. The fraction of sp³-hybridized carbons (Fsp3) is 0.778. The number of esters is 1. The van der Waals surface area contributed by atoms with E-state index in [9.17, 15) is 9.59 Å². The molecule has 0 bridgehead atoms. The van der Waals surface area contributed by atoms with E-state index in [4.69, 9.17) is 4.74 Å². The van der Waals surface area contributed by atoms with E-state index in [0.29, 0.717) is 6.61 Å². The van der Waals surface area contributed by atoms with Crippen molar-refractivity contribution in [2.45, 2.75) is 38.5 Å². The van der Waals surface area contributed by atoms with Gasteiger partial charge in [0.25, 0.3) is 0 Å². The van der Waals surface area contributed by atoms with Gasteiger partial charge >= 0.3 is 5.97 Å². The van der Waals surface area contributed by atoms with Crippen molar-refractivity contribution in [2.75, 3.05) is 6.61 Å². The molecule has 0 fully saturated rings. The fourth-order valence-electron chi connectivity index (χ4n) is 0.953. The minimum absolute atomic E-state index is 0.273. The van der Waals surface area contributed by atoms with E-state index in [1.54, 1.807) is 20.8 Å². The van der Waals surface area contributed by atoms with Gasteiger partial charge in [0.2, 0.25) is 5.91 Å². The van der Waals surface area contributed by atoms with Crippen molar-refractivity contribution in [3.63, 3.8) is 0 Å². The maximum absolute atomic E-state index is 11.4. The predicted octanol–water partition coefficient (Wildman–Crippen LogP) is 0.763. The molecule has 0 aliphatic carbocycles. The summed E-state index contributed by atoms with van der Waals surface area (Å²) in [6, 6.07) is -0.719. The van der Waals surface area contributed by atoms with Crippen molar-refractivity contribution in [3.8, 4) is 0 Å². The van der Waals surface area contributed by atoms with Crippen LogP contribution in [0.5, 0.6) is 0 Å². The Morgan fingerprint density at radius 3 is 2.29 bits per heavy atom. The molecule has 0 aromatic heterocycles. The third kappa shape index (κ3) is 4.50. The highest BCUT2D eigenvalue weighted by atomic mass is 32.1. The van der Waals surface area contributed by atoms with Crippen LogP contribution >= 0.6 is 12.6 Å². The number of ether oxygens (including phenoxy) is 1. The predicted molar refractivity (Wildman–Crippen MR) is 57.3 cm³/mol. The highest BCUT2D eigenvalue weighted by Crippen LogP contribution is 2.18. The molecule has 0 aliphatic rings. The van der Waals surface area contributed by atoms with Gasteiger partial charge in [-0.25, -0.2) is 4.79 Å². The van der Waals surface area contributed by atoms with Crippen LogP contribution in [0.3, 0.4) is 0 Å². The third-order valence-corrected chi connectivity index (χ3v) is 1.83. The molecule has 5 heteroatoms. The monoisotopic (exact) mass is 219 g/mol. The van der Waals surface area contributed by atoms with Crippen LogP contribution < -0.4 is 5.32 Å². The summed E-state index contributed by atoms with van der Waals surface area (Å²) in [7, 11) is 0. The Kier molecular flexibility index (Phi) is 4.97. The number of carbonyl (C=O) groups excluding carboxylic acids is 2. The Morgan fingerprint density at radius 2 is 2.00 bits per heavy atom. The van der Waals surface area contributed by atoms with Gasteiger partial charge in [0, 0.05) is 11.7 Å². The third-order valence-electron chi connectivity index (χ3n) is 1.58. The van der Waals surface area contributed by atoms with Crippen LogP contribution in [0.4, 0.5) is 0 Å². The van der Waals surface area contributed by atoms with Crippen molar-refractivity contribution in [1.82, 2.24) is 5.32 Å². The highest BCUT2D eigenvalue weighted by Gasteiger charge is 2.34. The second kappa shape index (κ2) is 5.24. The van der Waals surface area contributed by atoms with E-state index in [0.717, 1.165) is 0 Å². The molecular weight excluding hydrogens is 202 g/mol. The molecule has 0 aromatic rings. The van der Waals surface area contributed by atoms with Crippen LogP contribution in [0.1, 0.15) is 27.7 Å². The lowest BCUT2D eigenvalue weighted by Gasteiger charge is -2.27. The first-order valence-electron chi connectivity index (χ1n) is 4.45. The summed E-state index contributed by atoms with van der Waals surface area (Å²) in [5.41, 5.74) is 0. The van der Waals surface area contributed by atoms with Gasteiger partial charge < -0.3 is 10.1 Å². The van der Waals surface area contributed by atoms with E-state index in [1.165, 1.54) is 6.92 Å². The Labute approximate surface area is 89.8 Å². The zero-order valence-electron chi connectivity index (χ0n) is 8.96. The van der Waals surface area contributed by atoms with Crippen molar-refractivity contribution in [1.29, 1.82) is 0 Å². The maximum atomic E-state index is 11.4. The zero-order chi connectivity index (χ0) is 11.4. The summed E-state index contributed by atoms with van der Waals surface area (Å²) in [6.45, 7) is 6.85. The number of hydrogen-bond acceptors (Lipinski definition) is 4. The second-order valence-corrected chi connectivity index (χ2v) is 4.69. The van der Waals surface area contributed by atoms with Crippen LogP contribution in [0.2, 0.25) is 0 Å². The van der Waals surface area contributed by atoms with Crippen LogP contribution in [-0.4, -0.2) is 29.3 Å². The molecule has 1 N–H and O–H groups in total. The molecule has 0 aliphatic heterocycles. The van der Waals surface area contributed by atoms with Crippen LogP contribution in [0.15, 0.2) is 0 Å². The minimum Gasteiger partial charge on any atom is -0.464 e. The lowest BCUT2D eigenvalue weighted by Crippen LogP contribution is -2.51. The van der Waals surface area contributed by atoms with Crippen LogP contribution in [0.25, 0.3) is 0 Å². The normalized spacial score (nSPS) is 13.2. The molecule has 0 unspecified atom stereocenters. The minimum atomic E-state index is -0.719. The van der Waals surface area contributed by atoms with Gasteiger partial charge in [-0.15, -0.1) is 0 Å². The average Bonchev–Trinajstić information content (AvgIpc) is 1.98. The van der Waals surface area contributed by atoms with E-state index < -0.39 is 16.8 Å². The molecule has 0 saturated carbocycles. The van der Waals surface area contributed by atoms with E-state index >= 15 is 0 Å². The van der Waals surface area contributed by atoms with Gasteiger partial charge in [-0.2, -0.15) is 12.6 Å². The molecule has 0 rings (SSSR count). The first-order valence-corrected chi connectivity index (χ1v) is 4.90. The van der Waals surface area contributed by atoms with E-state index in [2.05, 4.69) is 17.9 Å². The van der Waals surface area contributed by atoms with Crippen molar-refractivity contribution in [3.05, 3.63) is 0 Å². The summed E-state index contributed by atoms with van der Waals surface area (Å²) < 4.78 is 4.19. The van der Waals surface area contributed by atoms with Crippen molar-refractivity contribution >= 4 is 24.5 Å². The fourth-order valence-corrected chi connectivity index (χ4v) is 1.12. The lowest BCUT2D eigenvalue weighted by atomic mass is 10.0. The number of amides is 1. The van der Waals surface area contributed by atoms with Gasteiger partial charge in [-0.3, -0.25) is 4.79 Å². The van der Waals surface area contributed by atoms with E-state index in [-0.39, 0.29) is 5.91 Å². The van der Waals surface area contributed by atoms with Gasteiger partial charge in [-0.05, 0) is 20.8 Å². The summed E-state index contributed by atoms with van der Waals surface area (Å²) in [5.74, 6) is -0.729. The topological polar surface area (TPSA) is 55.4 Å². The number of rotatable bonds is 4. The Bertz CT molecular complexity index is 223. The van der Waals surface area contributed by atoms with Gasteiger partial charge in [0.1, 0.15) is 6.04 Å². The van der Waals surface area contributed by atoms with Crippen molar-refractivity contribution < 1.29 is 14.3 Å². The molecule has 0 saturated heterocycles. The number of hydrogen-bond donors (Lipinski definition) is 2. The first kappa shape index (κ1) is 13.3. The molecule has 1 atom stereocenters. The SMILES string of the molecule is CCOC(=O)[C@H](NC(C)=O)C(C)(C)S.